The summed E-state index contributed by atoms with van der Waals surface area (Å²) >= 11 is 0. The molecule has 0 saturated heterocycles. The molecule has 0 heterocycles. The lowest BCUT2D eigenvalue weighted by Gasteiger charge is -2.48. The van der Waals surface area contributed by atoms with E-state index < -0.39 is 17.1 Å². The van der Waals surface area contributed by atoms with Crippen molar-refractivity contribution < 1.29 is 4.43 Å². The van der Waals surface area contributed by atoms with Crippen LogP contribution in [0.5, 0.6) is 0 Å². The monoisotopic (exact) mass is 292 g/mol. The highest BCUT2D eigenvalue weighted by molar-refractivity contribution is 7.17. The van der Waals surface area contributed by atoms with E-state index in [4.69, 9.17) is 4.43 Å². The molecule has 104 valence electrons. The van der Waals surface area contributed by atoms with Crippen molar-refractivity contribution in [2.24, 2.45) is 0 Å². The Kier molecular flexibility index (Phi) is 6.62. The summed E-state index contributed by atoms with van der Waals surface area (Å²) in [4.78, 5) is 0. The van der Waals surface area contributed by atoms with Gasteiger partial charge in [-0.2, -0.15) is 0 Å². The maximum absolute atomic E-state index is 6.82. The third-order valence-electron chi connectivity index (χ3n) is 4.97. The van der Waals surface area contributed by atoms with Gasteiger partial charge in [-0.3, -0.25) is 0 Å². The molecule has 0 bridgehead atoms. The van der Waals surface area contributed by atoms with Crippen molar-refractivity contribution in [3.63, 3.8) is 0 Å². The summed E-state index contributed by atoms with van der Waals surface area (Å²) in [6.45, 7) is 19.0. The Morgan fingerprint density at radius 2 is 1.59 bits per heavy atom. The molecule has 0 aliphatic heterocycles. The van der Waals surface area contributed by atoms with Gasteiger partial charge in [-0.1, -0.05) is 47.2 Å². The normalized spacial score (nSPS) is 17.3. The van der Waals surface area contributed by atoms with E-state index in [1.807, 2.05) is 0 Å². The molecule has 2 unspecified atom stereocenters. The fourth-order valence-electron chi connectivity index (χ4n) is 2.09. The first-order valence-corrected chi connectivity index (χ1v) is 13.6. The molecule has 0 radical (unpaired) electrons. The second-order valence-electron chi connectivity index (χ2n) is 6.63. The van der Waals surface area contributed by atoms with Crippen LogP contribution < -0.4 is 0 Å². The molecule has 0 saturated carbocycles. The average molecular weight is 293 g/mol. The molecule has 0 aromatic rings. The summed E-state index contributed by atoms with van der Waals surface area (Å²) in [5.74, 6) is 0. The first-order valence-electron chi connectivity index (χ1n) is 6.98. The van der Waals surface area contributed by atoms with E-state index in [9.17, 15) is 0 Å². The summed E-state index contributed by atoms with van der Waals surface area (Å²) in [5.41, 5.74) is 0. The van der Waals surface area contributed by atoms with Crippen molar-refractivity contribution in [1.82, 2.24) is 0 Å². The Morgan fingerprint density at radius 3 is 1.82 bits per heavy atom. The molecule has 4 heteroatoms. The Hall–Kier alpha value is 0.824. The Balaban J connectivity index is 5.13. The molecule has 2 atom stereocenters. The first kappa shape index (κ1) is 17.8. The van der Waals surface area contributed by atoms with Gasteiger partial charge in [0.25, 0.3) is 0 Å². The maximum Gasteiger partial charge on any atom is 0.192 e. The van der Waals surface area contributed by atoms with Gasteiger partial charge in [0.1, 0.15) is 0 Å². The number of rotatable bonds is 7. The summed E-state index contributed by atoms with van der Waals surface area (Å²) in [7, 11) is 0.466. The standard InChI is InChI=1S/C13H33OPSi2/c1-9-12(3,4)17(7,8)14-13(10-2,11-15)16(5)6/h16H,9-11,15H2,1-8H3. The van der Waals surface area contributed by atoms with Gasteiger partial charge in [-0.05, 0) is 30.7 Å². The van der Waals surface area contributed by atoms with Gasteiger partial charge in [-0.15, -0.1) is 9.24 Å². The lowest BCUT2D eigenvalue weighted by molar-refractivity contribution is 0.147. The van der Waals surface area contributed by atoms with Crippen LogP contribution in [0.1, 0.15) is 40.5 Å². The van der Waals surface area contributed by atoms with Crippen molar-refractivity contribution in [1.29, 1.82) is 0 Å². The zero-order valence-corrected chi connectivity index (χ0v) is 16.5. The summed E-state index contributed by atoms with van der Waals surface area (Å²) in [5, 5.41) is 0.545. The minimum atomic E-state index is -1.65. The Labute approximate surface area is 114 Å². The van der Waals surface area contributed by atoms with Crippen LogP contribution in [0.2, 0.25) is 31.2 Å². The van der Waals surface area contributed by atoms with Crippen molar-refractivity contribution in [3.05, 3.63) is 0 Å². The predicted octanol–water partition coefficient (Wildman–Crippen LogP) is 4.45. The van der Waals surface area contributed by atoms with Crippen LogP contribution in [-0.2, 0) is 4.43 Å². The van der Waals surface area contributed by atoms with Crippen molar-refractivity contribution in [2.75, 3.05) is 6.16 Å². The van der Waals surface area contributed by atoms with Gasteiger partial charge >= 0.3 is 0 Å². The third-order valence-corrected chi connectivity index (χ3v) is 13.8. The Bertz CT molecular complexity index is 236. The quantitative estimate of drug-likeness (QED) is 0.497. The molecule has 0 aliphatic carbocycles. The van der Waals surface area contributed by atoms with Crippen LogP contribution in [0.3, 0.4) is 0 Å². The molecular formula is C13H33OPSi2. The van der Waals surface area contributed by atoms with Crippen LogP contribution in [0.25, 0.3) is 0 Å². The van der Waals surface area contributed by atoms with Gasteiger partial charge in [0.2, 0.25) is 0 Å². The topological polar surface area (TPSA) is 9.23 Å². The molecular weight excluding hydrogens is 259 g/mol. The zero-order valence-electron chi connectivity index (χ0n) is 13.2. The fraction of sp³-hybridized carbons (Fsp3) is 1.00. The first-order chi connectivity index (χ1) is 7.58. The molecule has 1 nitrogen and oxygen atoms in total. The van der Waals surface area contributed by atoms with Gasteiger partial charge in [-0.25, -0.2) is 0 Å². The molecule has 0 fully saturated rings. The maximum atomic E-state index is 6.82. The zero-order chi connectivity index (χ0) is 13.9. The fourth-order valence-corrected chi connectivity index (χ4v) is 9.53. The molecule has 0 aliphatic rings. The van der Waals surface area contributed by atoms with E-state index in [1.165, 1.54) is 6.42 Å². The number of hydrogen-bond donors (Lipinski definition) is 0. The summed E-state index contributed by atoms with van der Waals surface area (Å²) < 4.78 is 6.82. The van der Waals surface area contributed by atoms with Crippen LogP contribution in [0.15, 0.2) is 0 Å². The highest BCUT2D eigenvalue weighted by atomic mass is 31.0. The third kappa shape index (κ3) is 3.89. The van der Waals surface area contributed by atoms with E-state index in [2.05, 4.69) is 63.1 Å². The molecule has 0 aromatic heterocycles. The lowest BCUT2D eigenvalue weighted by atomic mass is 10.1. The van der Waals surface area contributed by atoms with Gasteiger partial charge in [0.15, 0.2) is 8.32 Å². The predicted molar refractivity (Wildman–Crippen MR) is 89.4 cm³/mol. The second kappa shape index (κ2) is 6.32. The van der Waals surface area contributed by atoms with E-state index in [1.54, 1.807) is 0 Å². The van der Waals surface area contributed by atoms with Crippen LogP contribution in [-0.4, -0.2) is 28.5 Å². The van der Waals surface area contributed by atoms with Crippen LogP contribution >= 0.6 is 9.24 Å². The summed E-state index contributed by atoms with van der Waals surface area (Å²) in [6.07, 6.45) is 3.47. The minimum absolute atomic E-state index is 0.187. The largest absolute Gasteiger partial charge is 0.414 e. The second-order valence-corrected chi connectivity index (χ2v) is 15.0. The molecule has 0 rings (SSSR count). The van der Waals surface area contributed by atoms with E-state index in [-0.39, 0.29) is 5.22 Å². The highest BCUT2D eigenvalue weighted by Gasteiger charge is 2.46. The van der Waals surface area contributed by atoms with E-state index in [0.29, 0.717) is 5.04 Å². The van der Waals surface area contributed by atoms with E-state index >= 15 is 0 Å². The average Bonchev–Trinajstić information content (AvgIpc) is 2.25. The lowest BCUT2D eigenvalue weighted by Crippen LogP contribution is -2.56. The molecule has 0 amide bonds. The van der Waals surface area contributed by atoms with Gasteiger partial charge in [0.05, 0.1) is 8.80 Å². The van der Waals surface area contributed by atoms with Crippen molar-refractivity contribution in [2.45, 2.75) is 77.0 Å². The van der Waals surface area contributed by atoms with Crippen LogP contribution in [0, 0.1) is 0 Å². The van der Waals surface area contributed by atoms with Crippen LogP contribution in [0.4, 0.5) is 0 Å². The smallest absolute Gasteiger partial charge is 0.192 e. The minimum Gasteiger partial charge on any atom is -0.414 e. The molecule has 0 spiro atoms. The van der Waals surface area contributed by atoms with Gasteiger partial charge < -0.3 is 4.43 Å². The highest BCUT2D eigenvalue weighted by Crippen LogP contribution is 2.44. The SMILES string of the molecule is CCC(CP)(O[Si](C)(C)C(C)(C)CC)[SiH](C)C. The number of hydrogen-bond acceptors (Lipinski definition) is 1. The molecule has 17 heavy (non-hydrogen) atoms. The Morgan fingerprint density at radius 1 is 1.12 bits per heavy atom. The summed E-state index contributed by atoms with van der Waals surface area (Å²) in [6, 6.07) is 0. The van der Waals surface area contributed by atoms with E-state index in [0.717, 1.165) is 12.6 Å². The van der Waals surface area contributed by atoms with Crippen molar-refractivity contribution in [3.8, 4) is 0 Å². The molecule has 0 aromatic carbocycles. The van der Waals surface area contributed by atoms with Crippen molar-refractivity contribution >= 4 is 26.4 Å². The molecule has 0 N–H and O–H groups in total. The van der Waals surface area contributed by atoms with Gasteiger partial charge in [0, 0.05) is 5.22 Å².